The Morgan fingerprint density at radius 1 is 1.41 bits per heavy atom. The molecule has 22 heavy (non-hydrogen) atoms. The molecule has 2 aromatic heterocycles. The third kappa shape index (κ3) is 3.36. The zero-order chi connectivity index (χ0) is 15.4. The molecule has 3 heterocycles. The molecule has 0 aromatic carbocycles. The Morgan fingerprint density at radius 2 is 2.23 bits per heavy atom. The van der Waals surface area contributed by atoms with Crippen molar-refractivity contribution in [3.8, 4) is 0 Å². The summed E-state index contributed by atoms with van der Waals surface area (Å²) in [5.74, 6) is 1.29. The average Bonchev–Trinajstić information content (AvgIpc) is 3.17. The highest BCUT2D eigenvalue weighted by molar-refractivity contribution is 5.87. The summed E-state index contributed by atoms with van der Waals surface area (Å²) in [6, 6.07) is 5.21. The lowest BCUT2D eigenvalue weighted by atomic mass is 10.2. The van der Waals surface area contributed by atoms with Crippen LogP contribution in [0.3, 0.4) is 0 Å². The van der Waals surface area contributed by atoms with E-state index in [1.54, 1.807) is 19.2 Å². The molecule has 7 nitrogen and oxygen atoms in total. The van der Waals surface area contributed by atoms with Crippen molar-refractivity contribution in [2.24, 2.45) is 0 Å². The predicted molar refractivity (Wildman–Crippen MR) is 82.8 cm³/mol. The molecule has 7 heteroatoms. The zero-order valence-electron chi connectivity index (χ0n) is 12.5. The van der Waals surface area contributed by atoms with Gasteiger partial charge in [0.1, 0.15) is 5.82 Å². The second-order valence-electron chi connectivity index (χ2n) is 5.32. The van der Waals surface area contributed by atoms with Crippen molar-refractivity contribution in [1.29, 1.82) is 0 Å². The van der Waals surface area contributed by atoms with Gasteiger partial charge in [0.15, 0.2) is 0 Å². The van der Waals surface area contributed by atoms with Crippen LogP contribution in [0.1, 0.15) is 24.1 Å². The maximum absolute atomic E-state index is 11.9. The van der Waals surface area contributed by atoms with Gasteiger partial charge in [0.05, 0.1) is 5.69 Å². The molecule has 0 spiro atoms. The Kier molecular flexibility index (Phi) is 4.22. The van der Waals surface area contributed by atoms with Crippen molar-refractivity contribution < 1.29 is 9.32 Å². The minimum absolute atomic E-state index is 0.327. The largest absolute Gasteiger partial charge is 0.356 e. The Morgan fingerprint density at radius 3 is 2.95 bits per heavy atom. The molecule has 1 aliphatic rings. The molecular weight excluding hydrogens is 282 g/mol. The lowest BCUT2D eigenvalue weighted by molar-refractivity contribution is 0.251. The Bertz CT molecular complexity index is 649. The first kappa shape index (κ1) is 14.4. The van der Waals surface area contributed by atoms with E-state index in [1.807, 2.05) is 12.1 Å². The van der Waals surface area contributed by atoms with Crippen molar-refractivity contribution in [1.82, 2.24) is 15.5 Å². The van der Waals surface area contributed by atoms with Crippen molar-refractivity contribution in [3.63, 3.8) is 0 Å². The minimum atomic E-state index is -0.327. The number of amides is 2. The van der Waals surface area contributed by atoms with Crippen LogP contribution in [0.5, 0.6) is 0 Å². The summed E-state index contributed by atoms with van der Waals surface area (Å²) >= 11 is 0. The highest BCUT2D eigenvalue weighted by Crippen LogP contribution is 2.21. The fraction of sp³-hybridized carbons (Fsp3) is 0.400. The van der Waals surface area contributed by atoms with Crippen LogP contribution in [0.2, 0.25) is 0 Å². The number of urea groups is 1. The Hall–Kier alpha value is -2.57. The van der Waals surface area contributed by atoms with Gasteiger partial charge in [-0.2, -0.15) is 0 Å². The monoisotopic (exact) mass is 301 g/mol. The first-order chi connectivity index (χ1) is 10.7. The lowest BCUT2D eigenvalue weighted by Gasteiger charge is -2.19. The van der Waals surface area contributed by atoms with Gasteiger partial charge >= 0.3 is 6.03 Å². The van der Waals surface area contributed by atoms with Crippen LogP contribution in [0.15, 0.2) is 28.9 Å². The van der Waals surface area contributed by atoms with E-state index in [0.29, 0.717) is 12.4 Å². The molecule has 0 bridgehead atoms. The molecule has 1 fully saturated rings. The summed E-state index contributed by atoms with van der Waals surface area (Å²) in [4.78, 5) is 18.6. The third-order valence-electron chi connectivity index (χ3n) is 3.58. The second-order valence-corrected chi connectivity index (χ2v) is 5.32. The van der Waals surface area contributed by atoms with Crippen LogP contribution < -0.4 is 15.5 Å². The van der Waals surface area contributed by atoms with Crippen LogP contribution >= 0.6 is 0 Å². The Balaban J connectivity index is 1.60. The molecular formula is C15H19N5O2. The SMILES string of the molecule is Cc1cc(NC(=O)NCc2cccnc2N2CCCC2)on1. The van der Waals surface area contributed by atoms with Gasteiger partial charge in [-0.15, -0.1) is 0 Å². The molecule has 2 N–H and O–H groups in total. The highest BCUT2D eigenvalue weighted by atomic mass is 16.5. The molecule has 2 amide bonds. The van der Waals surface area contributed by atoms with Crippen LogP contribution in [0.25, 0.3) is 0 Å². The second kappa shape index (κ2) is 6.46. The minimum Gasteiger partial charge on any atom is -0.356 e. The predicted octanol–water partition coefficient (Wildman–Crippen LogP) is 2.30. The van der Waals surface area contributed by atoms with E-state index < -0.39 is 0 Å². The summed E-state index contributed by atoms with van der Waals surface area (Å²) in [6.07, 6.45) is 4.16. The summed E-state index contributed by atoms with van der Waals surface area (Å²) < 4.78 is 4.95. The van der Waals surface area contributed by atoms with E-state index in [0.717, 1.165) is 30.2 Å². The number of aryl methyl sites for hydroxylation is 1. The van der Waals surface area contributed by atoms with Gasteiger partial charge in [-0.3, -0.25) is 5.32 Å². The van der Waals surface area contributed by atoms with E-state index in [4.69, 9.17) is 4.52 Å². The first-order valence-corrected chi connectivity index (χ1v) is 7.39. The number of nitrogens with one attached hydrogen (secondary N) is 2. The number of carbonyl (C=O) groups is 1. The van der Waals surface area contributed by atoms with Crippen LogP contribution in [0.4, 0.5) is 16.5 Å². The number of aromatic nitrogens is 2. The third-order valence-corrected chi connectivity index (χ3v) is 3.58. The zero-order valence-corrected chi connectivity index (χ0v) is 12.5. The normalized spacial score (nSPS) is 14.1. The van der Waals surface area contributed by atoms with Crippen molar-refractivity contribution in [2.45, 2.75) is 26.3 Å². The summed E-state index contributed by atoms with van der Waals surface area (Å²) in [6.45, 7) is 4.25. The molecule has 0 atom stereocenters. The standard InChI is InChI=1S/C15H19N5O2/c1-11-9-13(22-19-11)18-15(21)17-10-12-5-4-6-16-14(12)20-7-2-3-8-20/h4-6,9H,2-3,7-8,10H2,1H3,(H2,17,18,21). The van der Waals surface area contributed by atoms with Gasteiger partial charge in [0.2, 0.25) is 5.88 Å². The van der Waals surface area contributed by atoms with E-state index >= 15 is 0 Å². The van der Waals surface area contributed by atoms with Gasteiger partial charge in [0, 0.05) is 37.5 Å². The van der Waals surface area contributed by atoms with E-state index in [9.17, 15) is 4.79 Å². The molecule has 1 aliphatic heterocycles. The van der Waals surface area contributed by atoms with Crippen molar-refractivity contribution in [3.05, 3.63) is 35.7 Å². The van der Waals surface area contributed by atoms with Crippen LogP contribution in [0, 0.1) is 6.92 Å². The maximum atomic E-state index is 11.9. The molecule has 3 rings (SSSR count). The number of rotatable bonds is 4. The van der Waals surface area contributed by atoms with E-state index in [-0.39, 0.29) is 6.03 Å². The summed E-state index contributed by atoms with van der Waals surface area (Å²) in [5, 5.41) is 9.15. The molecule has 0 unspecified atom stereocenters. The molecule has 0 radical (unpaired) electrons. The quantitative estimate of drug-likeness (QED) is 0.905. The number of hydrogen-bond donors (Lipinski definition) is 2. The van der Waals surface area contributed by atoms with Gasteiger partial charge in [0.25, 0.3) is 0 Å². The molecule has 1 saturated heterocycles. The molecule has 116 valence electrons. The van der Waals surface area contributed by atoms with Crippen LogP contribution in [-0.2, 0) is 6.54 Å². The number of anilines is 2. The van der Waals surface area contributed by atoms with E-state index in [1.165, 1.54) is 12.8 Å². The topological polar surface area (TPSA) is 83.3 Å². The smallest absolute Gasteiger partial charge is 0.321 e. The number of nitrogens with zero attached hydrogens (tertiary/aromatic N) is 3. The average molecular weight is 301 g/mol. The first-order valence-electron chi connectivity index (χ1n) is 7.39. The molecule has 0 saturated carbocycles. The number of hydrogen-bond acceptors (Lipinski definition) is 5. The van der Waals surface area contributed by atoms with Gasteiger partial charge < -0.3 is 14.7 Å². The maximum Gasteiger partial charge on any atom is 0.321 e. The number of carbonyl (C=O) groups excluding carboxylic acids is 1. The highest BCUT2D eigenvalue weighted by Gasteiger charge is 2.17. The van der Waals surface area contributed by atoms with Gasteiger partial charge in [-0.25, -0.2) is 9.78 Å². The fourth-order valence-corrected chi connectivity index (χ4v) is 2.54. The molecule has 0 aliphatic carbocycles. The Labute approximate surface area is 128 Å². The lowest BCUT2D eigenvalue weighted by Crippen LogP contribution is -2.29. The van der Waals surface area contributed by atoms with Crippen LogP contribution in [-0.4, -0.2) is 29.3 Å². The van der Waals surface area contributed by atoms with Gasteiger partial charge in [-0.05, 0) is 25.8 Å². The summed E-state index contributed by atoms with van der Waals surface area (Å²) in [5.41, 5.74) is 1.73. The van der Waals surface area contributed by atoms with Gasteiger partial charge in [-0.1, -0.05) is 11.2 Å². The number of pyridine rings is 1. The van der Waals surface area contributed by atoms with Crippen molar-refractivity contribution >= 4 is 17.7 Å². The molecule has 2 aromatic rings. The van der Waals surface area contributed by atoms with E-state index in [2.05, 4.69) is 25.7 Å². The summed E-state index contributed by atoms with van der Waals surface area (Å²) in [7, 11) is 0. The van der Waals surface area contributed by atoms with Crippen molar-refractivity contribution in [2.75, 3.05) is 23.3 Å². The fourth-order valence-electron chi connectivity index (χ4n) is 2.54.